The molecule has 0 atom stereocenters. The molecule has 3 heteroatoms. The van der Waals surface area contributed by atoms with Crippen LogP contribution in [0, 0.1) is 0 Å². The van der Waals surface area contributed by atoms with E-state index in [2.05, 4.69) is 202 Å². The molecule has 10 aromatic rings. The van der Waals surface area contributed by atoms with Crippen molar-refractivity contribution in [1.82, 2.24) is 15.0 Å². The van der Waals surface area contributed by atoms with Crippen molar-refractivity contribution in [2.45, 2.75) is 24.7 Å². The summed E-state index contributed by atoms with van der Waals surface area (Å²) in [5.74, 6) is 1.93. The Morgan fingerprint density at radius 2 is 0.758 bits per heavy atom. The standard InChI is InChI=1S/C59H41N3/c1-58(2)49-23-11-13-25-51(49)59(52-26-14-12-24-50(52)58)48-35-34-45(44-33-30-39-18-9-10-21-43(39)36-44)37-47(48)54-46(22-15-27-53(54)59)57-61-55(41-19-7-4-8-20-41)60-56(62-57)42-31-28-40(29-32-42)38-16-5-3-6-17-38/h3-37H,1-2H3. The van der Waals surface area contributed by atoms with Crippen molar-refractivity contribution in [1.29, 1.82) is 0 Å². The van der Waals surface area contributed by atoms with E-state index in [1.54, 1.807) is 0 Å². The normalized spacial score (nSPS) is 13.9. The molecule has 0 unspecified atom stereocenters. The van der Waals surface area contributed by atoms with Crippen LogP contribution < -0.4 is 0 Å². The van der Waals surface area contributed by atoms with Crippen molar-refractivity contribution in [2.75, 3.05) is 0 Å². The van der Waals surface area contributed by atoms with Crippen LogP contribution in [0.1, 0.15) is 47.2 Å². The highest BCUT2D eigenvalue weighted by Crippen LogP contribution is 2.63. The van der Waals surface area contributed by atoms with Gasteiger partial charge in [0, 0.05) is 22.1 Å². The quantitative estimate of drug-likeness (QED) is 0.174. The Labute approximate surface area is 362 Å². The molecule has 12 rings (SSSR count). The minimum Gasteiger partial charge on any atom is -0.208 e. The van der Waals surface area contributed by atoms with E-state index in [0.717, 1.165) is 27.8 Å². The second-order valence-electron chi connectivity index (χ2n) is 17.1. The third-order valence-corrected chi connectivity index (χ3v) is 13.4. The first-order chi connectivity index (χ1) is 30.5. The minimum atomic E-state index is -0.573. The van der Waals surface area contributed by atoms with Crippen LogP contribution >= 0.6 is 0 Å². The summed E-state index contributed by atoms with van der Waals surface area (Å²) in [6.07, 6.45) is 0. The highest BCUT2D eigenvalue weighted by Gasteiger charge is 2.53. The van der Waals surface area contributed by atoms with Gasteiger partial charge in [-0.05, 0) is 89.7 Å². The molecule has 1 heterocycles. The van der Waals surface area contributed by atoms with Gasteiger partial charge >= 0.3 is 0 Å². The van der Waals surface area contributed by atoms with Gasteiger partial charge in [0.2, 0.25) is 0 Å². The monoisotopic (exact) mass is 791 g/mol. The number of aromatic nitrogens is 3. The Kier molecular flexibility index (Phi) is 8.10. The smallest absolute Gasteiger partial charge is 0.164 e. The molecule has 0 saturated carbocycles. The van der Waals surface area contributed by atoms with Gasteiger partial charge in [-0.15, -0.1) is 0 Å². The second-order valence-corrected chi connectivity index (χ2v) is 17.1. The molecule has 2 aliphatic carbocycles. The van der Waals surface area contributed by atoms with Crippen LogP contribution in [0.25, 0.3) is 78.3 Å². The maximum atomic E-state index is 5.39. The number of rotatable bonds is 5. The topological polar surface area (TPSA) is 38.7 Å². The predicted octanol–water partition coefficient (Wildman–Crippen LogP) is 14.4. The molecule has 1 aromatic heterocycles. The summed E-state index contributed by atoms with van der Waals surface area (Å²) in [7, 11) is 0. The van der Waals surface area contributed by atoms with Crippen LogP contribution in [-0.4, -0.2) is 15.0 Å². The average Bonchev–Trinajstić information content (AvgIpc) is 3.64. The molecule has 0 amide bonds. The summed E-state index contributed by atoms with van der Waals surface area (Å²) in [6.45, 7) is 4.74. The Hall–Kier alpha value is -7.75. The van der Waals surface area contributed by atoms with Gasteiger partial charge < -0.3 is 0 Å². The van der Waals surface area contributed by atoms with Crippen LogP contribution in [0.2, 0.25) is 0 Å². The van der Waals surface area contributed by atoms with Gasteiger partial charge in [0.15, 0.2) is 17.5 Å². The van der Waals surface area contributed by atoms with Gasteiger partial charge in [-0.3, -0.25) is 0 Å². The molecule has 0 aliphatic heterocycles. The zero-order valence-corrected chi connectivity index (χ0v) is 34.5. The zero-order valence-electron chi connectivity index (χ0n) is 34.5. The molecule has 1 spiro atoms. The van der Waals surface area contributed by atoms with E-state index in [9.17, 15) is 0 Å². The lowest BCUT2D eigenvalue weighted by atomic mass is 9.55. The van der Waals surface area contributed by atoms with Crippen LogP contribution in [0.5, 0.6) is 0 Å². The van der Waals surface area contributed by atoms with Crippen LogP contribution in [0.3, 0.4) is 0 Å². The highest BCUT2D eigenvalue weighted by molar-refractivity contribution is 5.98. The third-order valence-electron chi connectivity index (χ3n) is 13.4. The average molecular weight is 792 g/mol. The summed E-state index contributed by atoms with van der Waals surface area (Å²) < 4.78 is 0. The largest absolute Gasteiger partial charge is 0.208 e. The first kappa shape index (κ1) is 36.1. The number of nitrogens with zero attached hydrogens (tertiary/aromatic N) is 3. The Morgan fingerprint density at radius 1 is 0.290 bits per heavy atom. The molecule has 0 fully saturated rings. The van der Waals surface area contributed by atoms with E-state index in [0.29, 0.717) is 17.5 Å². The zero-order chi connectivity index (χ0) is 41.4. The van der Waals surface area contributed by atoms with E-state index in [-0.39, 0.29) is 5.41 Å². The van der Waals surface area contributed by atoms with Crippen LogP contribution in [0.4, 0.5) is 0 Å². The molecule has 292 valence electrons. The van der Waals surface area contributed by atoms with E-state index in [1.807, 2.05) is 24.3 Å². The summed E-state index contributed by atoms with van der Waals surface area (Å²) in [5.41, 5.74) is 17.0. The second kappa shape index (κ2) is 13.9. The predicted molar refractivity (Wildman–Crippen MR) is 254 cm³/mol. The lowest BCUT2D eigenvalue weighted by Crippen LogP contribution is -2.40. The molecule has 3 nitrogen and oxygen atoms in total. The fraction of sp³-hybridized carbons (Fsp3) is 0.0678. The summed E-state index contributed by atoms with van der Waals surface area (Å²) in [4.78, 5) is 15.9. The van der Waals surface area contributed by atoms with Crippen LogP contribution in [0.15, 0.2) is 212 Å². The summed E-state index contributed by atoms with van der Waals surface area (Å²) >= 11 is 0. The fourth-order valence-electron chi connectivity index (χ4n) is 10.5. The molecule has 9 aromatic carbocycles. The molecule has 2 aliphatic rings. The lowest BCUT2D eigenvalue weighted by molar-refractivity contribution is 0.563. The van der Waals surface area contributed by atoms with Crippen molar-refractivity contribution in [3.63, 3.8) is 0 Å². The number of benzene rings is 9. The lowest BCUT2D eigenvalue weighted by Gasteiger charge is -2.46. The van der Waals surface area contributed by atoms with Gasteiger partial charge in [0.05, 0.1) is 5.41 Å². The van der Waals surface area contributed by atoms with Crippen molar-refractivity contribution in [2.24, 2.45) is 0 Å². The minimum absolute atomic E-state index is 0.201. The fourth-order valence-corrected chi connectivity index (χ4v) is 10.5. The van der Waals surface area contributed by atoms with Crippen LogP contribution in [-0.2, 0) is 10.8 Å². The van der Waals surface area contributed by atoms with Gasteiger partial charge in [-0.1, -0.05) is 214 Å². The van der Waals surface area contributed by atoms with Crippen molar-refractivity contribution in [3.8, 4) is 67.5 Å². The Bertz CT molecular complexity index is 3320. The van der Waals surface area contributed by atoms with Gasteiger partial charge in [0.1, 0.15) is 0 Å². The molecular formula is C59H41N3. The summed E-state index contributed by atoms with van der Waals surface area (Å²) in [6, 6.07) is 76.9. The first-order valence-corrected chi connectivity index (χ1v) is 21.4. The van der Waals surface area contributed by atoms with E-state index in [4.69, 9.17) is 15.0 Å². The summed E-state index contributed by atoms with van der Waals surface area (Å²) in [5, 5.41) is 2.46. The molecular weight excluding hydrogens is 751 g/mol. The number of hydrogen-bond acceptors (Lipinski definition) is 3. The molecule has 62 heavy (non-hydrogen) atoms. The molecule has 0 radical (unpaired) electrons. The van der Waals surface area contributed by atoms with Crippen molar-refractivity contribution in [3.05, 3.63) is 246 Å². The van der Waals surface area contributed by atoms with Gasteiger partial charge in [0.25, 0.3) is 0 Å². The maximum absolute atomic E-state index is 5.39. The van der Waals surface area contributed by atoms with E-state index >= 15 is 0 Å². The SMILES string of the molecule is CC1(C)c2ccccc2C2(c3ccc(-c4ccc5ccccc5c4)cc3-c3c(-c4nc(-c5ccccc5)nc(-c5ccc(-c6ccccc6)cc5)n4)cccc32)c2ccccc21. The number of fused-ring (bicyclic) bond motifs is 10. The first-order valence-electron chi connectivity index (χ1n) is 21.4. The third kappa shape index (κ3) is 5.41. The molecule has 0 saturated heterocycles. The van der Waals surface area contributed by atoms with E-state index < -0.39 is 5.41 Å². The highest BCUT2D eigenvalue weighted by atomic mass is 15.0. The van der Waals surface area contributed by atoms with Gasteiger partial charge in [-0.2, -0.15) is 0 Å². The van der Waals surface area contributed by atoms with Gasteiger partial charge in [-0.25, -0.2) is 15.0 Å². The van der Waals surface area contributed by atoms with E-state index in [1.165, 1.54) is 66.4 Å². The molecule has 0 bridgehead atoms. The Balaban J connectivity index is 1.14. The molecule has 0 N–H and O–H groups in total. The number of hydrogen-bond donors (Lipinski definition) is 0. The van der Waals surface area contributed by atoms with Crippen molar-refractivity contribution < 1.29 is 0 Å². The Morgan fingerprint density at radius 3 is 1.44 bits per heavy atom. The van der Waals surface area contributed by atoms with Crippen molar-refractivity contribution >= 4 is 10.8 Å². The maximum Gasteiger partial charge on any atom is 0.164 e.